The molecule has 0 saturated carbocycles. The number of carbonyl (C=O) groups excluding carboxylic acids is 1. The molecule has 0 atom stereocenters. The largest absolute Gasteiger partial charge is 0.367 e. The number of nitrogens with zero attached hydrogens (tertiary/aromatic N) is 3. The van der Waals surface area contributed by atoms with Gasteiger partial charge in [0.15, 0.2) is 0 Å². The molecule has 24 heavy (non-hydrogen) atoms. The molecule has 1 aromatic heterocycles. The van der Waals surface area contributed by atoms with Crippen molar-refractivity contribution in [3.05, 3.63) is 53.5 Å². The molecule has 0 spiro atoms. The van der Waals surface area contributed by atoms with Crippen LogP contribution in [0.3, 0.4) is 0 Å². The molecule has 1 aliphatic rings. The molecule has 1 amide bonds. The predicted octanol–water partition coefficient (Wildman–Crippen LogP) is 2.74. The van der Waals surface area contributed by atoms with Crippen LogP contribution < -0.4 is 5.32 Å². The number of amides is 1. The summed E-state index contributed by atoms with van der Waals surface area (Å²) in [7, 11) is 0. The van der Waals surface area contributed by atoms with Gasteiger partial charge in [-0.2, -0.15) is 0 Å². The number of rotatable bonds is 4. The first-order valence-corrected chi connectivity index (χ1v) is 8.48. The van der Waals surface area contributed by atoms with Gasteiger partial charge in [0.2, 0.25) is 5.91 Å². The minimum atomic E-state index is 0.218. The normalized spacial score (nSPS) is 15.3. The lowest BCUT2D eigenvalue weighted by molar-refractivity contribution is -0.131. The van der Waals surface area contributed by atoms with Crippen molar-refractivity contribution >= 4 is 11.7 Å². The minimum Gasteiger partial charge on any atom is -0.367 e. The van der Waals surface area contributed by atoms with Crippen LogP contribution in [0.15, 0.2) is 36.7 Å². The number of aromatic nitrogens is 2. The van der Waals surface area contributed by atoms with Crippen LogP contribution in [0.25, 0.3) is 0 Å². The van der Waals surface area contributed by atoms with E-state index in [1.165, 1.54) is 5.56 Å². The first kappa shape index (κ1) is 16.4. The van der Waals surface area contributed by atoms with Crippen LogP contribution in [0.4, 0.5) is 5.82 Å². The number of carbonyl (C=O) groups is 1. The van der Waals surface area contributed by atoms with Crippen molar-refractivity contribution in [3.63, 3.8) is 0 Å². The maximum atomic E-state index is 12.4. The van der Waals surface area contributed by atoms with Gasteiger partial charge in [-0.3, -0.25) is 4.79 Å². The summed E-state index contributed by atoms with van der Waals surface area (Å²) in [5.41, 5.74) is 3.26. The molecular formula is C19H24N4O. The third kappa shape index (κ3) is 4.31. The maximum absolute atomic E-state index is 12.4. The van der Waals surface area contributed by atoms with Crippen molar-refractivity contribution in [1.29, 1.82) is 0 Å². The molecule has 0 bridgehead atoms. The molecule has 2 heterocycles. The van der Waals surface area contributed by atoms with Crippen LogP contribution in [0.1, 0.15) is 29.7 Å². The van der Waals surface area contributed by atoms with Crippen molar-refractivity contribution in [1.82, 2.24) is 14.9 Å². The summed E-state index contributed by atoms with van der Waals surface area (Å²) in [4.78, 5) is 22.8. The summed E-state index contributed by atoms with van der Waals surface area (Å²) < 4.78 is 0. The quantitative estimate of drug-likeness (QED) is 0.939. The first-order chi connectivity index (χ1) is 11.6. The molecule has 1 saturated heterocycles. The molecule has 1 aliphatic heterocycles. The maximum Gasteiger partial charge on any atom is 0.226 e. The lowest BCUT2D eigenvalue weighted by atomic mass is 10.0. The van der Waals surface area contributed by atoms with Crippen molar-refractivity contribution < 1.29 is 4.79 Å². The second-order valence-corrected chi connectivity index (χ2v) is 6.51. The second-order valence-electron chi connectivity index (χ2n) is 6.51. The standard InChI is InChI=1S/C19H24N4O/c1-14-3-5-16(6-4-14)12-19(24)23-9-7-17(8-10-23)22-18-11-15(2)20-13-21-18/h3-6,11,13,17H,7-10,12H2,1-2H3,(H,20,21,22). The number of hydrogen-bond acceptors (Lipinski definition) is 4. The van der Waals surface area contributed by atoms with Crippen LogP contribution in [-0.2, 0) is 11.2 Å². The lowest BCUT2D eigenvalue weighted by Gasteiger charge is -2.32. The average Bonchev–Trinajstić information content (AvgIpc) is 2.57. The number of piperidine rings is 1. The Labute approximate surface area is 143 Å². The van der Waals surface area contributed by atoms with Crippen molar-refractivity contribution in [2.45, 2.75) is 39.2 Å². The van der Waals surface area contributed by atoms with Gasteiger partial charge in [0, 0.05) is 30.9 Å². The summed E-state index contributed by atoms with van der Waals surface area (Å²) in [6.07, 6.45) is 3.97. The SMILES string of the molecule is Cc1ccc(CC(=O)N2CCC(Nc3cc(C)ncn3)CC2)cc1. The van der Waals surface area contributed by atoms with Gasteiger partial charge in [0.25, 0.3) is 0 Å². The van der Waals surface area contributed by atoms with E-state index >= 15 is 0 Å². The Bertz CT molecular complexity index is 691. The third-order valence-corrected chi connectivity index (χ3v) is 4.48. The Balaban J connectivity index is 1.49. The van der Waals surface area contributed by atoms with E-state index in [4.69, 9.17) is 0 Å². The van der Waals surface area contributed by atoms with Crippen molar-refractivity contribution in [2.24, 2.45) is 0 Å². The van der Waals surface area contributed by atoms with Gasteiger partial charge in [-0.15, -0.1) is 0 Å². The number of nitrogens with one attached hydrogen (secondary N) is 1. The fraction of sp³-hybridized carbons (Fsp3) is 0.421. The van der Waals surface area contributed by atoms with Gasteiger partial charge >= 0.3 is 0 Å². The minimum absolute atomic E-state index is 0.218. The van der Waals surface area contributed by atoms with E-state index in [0.717, 1.165) is 43.0 Å². The highest BCUT2D eigenvalue weighted by molar-refractivity contribution is 5.78. The molecule has 1 aromatic carbocycles. The number of likely N-dealkylation sites (tertiary alicyclic amines) is 1. The van der Waals surface area contributed by atoms with Gasteiger partial charge in [-0.25, -0.2) is 9.97 Å². The van der Waals surface area contributed by atoms with Crippen LogP contribution >= 0.6 is 0 Å². The van der Waals surface area contributed by atoms with Gasteiger partial charge in [0.05, 0.1) is 6.42 Å². The Kier molecular flexibility index (Phi) is 5.08. The van der Waals surface area contributed by atoms with E-state index in [1.54, 1.807) is 6.33 Å². The third-order valence-electron chi connectivity index (χ3n) is 4.48. The van der Waals surface area contributed by atoms with E-state index in [9.17, 15) is 4.79 Å². The van der Waals surface area contributed by atoms with Crippen LogP contribution in [0, 0.1) is 13.8 Å². The van der Waals surface area contributed by atoms with E-state index < -0.39 is 0 Å². The number of aryl methyl sites for hydroxylation is 2. The number of hydrogen-bond donors (Lipinski definition) is 1. The van der Waals surface area contributed by atoms with Crippen LogP contribution in [0.2, 0.25) is 0 Å². The highest BCUT2D eigenvalue weighted by atomic mass is 16.2. The molecule has 5 heteroatoms. The monoisotopic (exact) mass is 324 g/mol. The molecule has 0 radical (unpaired) electrons. The van der Waals surface area contributed by atoms with Gasteiger partial charge < -0.3 is 10.2 Å². The zero-order chi connectivity index (χ0) is 16.9. The van der Waals surface area contributed by atoms with Crippen molar-refractivity contribution in [2.75, 3.05) is 18.4 Å². The van der Waals surface area contributed by atoms with E-state index in [1.807, 2.05) is 30.0 Å². The molecule has 1 N–H and O–H groups in total. The molecular weight excluding hydrogens is 300 g/mol. The molecule has 0 aliphatic carbocycles. The lowest BCUT2D eigenvalue weighted by Crippen LogP contribution is -2.43. The van der Waals surface area contributed by atoms with Gasteiger partial charge in [-0.05, 0) is 32.3 Å². The van der Waals surface area contributed by atoms with Gasteiger partial charge in [0.1, 0.15) is 12.1 Å². The highest BCUT2D eigenvalue weighted by Crippen LogP contribution is 2.16. The Morgan fingerprint density at radius 1 is 1.17 bits per heavy atom. The summed E-state index contributed by atoms with van der Waals surface area (Å²) >= 11 is 0. The fourth-order valence-corrected chi connectivity index (χ4v) is 3.01. The number of benzene rings is 1. The van der Waals surface area contributed by atoms with Crippen molar-refractivity contribution in [3.8, 4) is 0 Å². The fourth-order valence-electron chi connectivity index (χ4n) is 3.01. The second kappa shape index (κ2) is 7.43. The molecule has 2 aromatic rings. The summed E-state index contributed by atoms with van der Waals surface area (Å²) in [6.45, 7) is 5.61. The van der Waals surface area contributed by atoms with Gasteiger partial charge in [-0.1, -0.05) is 29.8 Å². The average molecular weight is 324 g/mol. The zero-order valence-corrected chi connectivity index (χ0v) is 14.3. The summed E-state index contributed by atoms with van der Waals surface area (Å²) in [5, 5.41) is 3.45. The molecule has 3 rings (SSSR count). The van der Waals surface area contributed by atoms with Crippen LogP contribution in [0.5, 0.6) is 0 Å². The van der Waals surface area contributed by atoms with E-state index in [-0.39, 0.29) is 5.91 Å². The molecule has 0 unspecified atom stereocenters. The highest BCUT2D eigenvalue weighted by Gasteiger charge is 2.22. The predicted molar refractivity (Wildman–Crippen MR) is 94.9 cm³/mol. The van der Waals surface area contributed by atoms with Crippen LogP contribution in [-0.4, -0.2) is 39.9 Å². The topological polar surface area (TPSA) is 58.1 Å². The molecule has 5 nitrogen and oxygen atoms in total. The van der Waals surface area contributed by atoms with E-state index in [2.05, 4.69) is 34.3 Å². The molecule has 1 fully saturated rings. The molecule has 126 valence electrons. The Hall–Kier alpha value is -2.43. The Morgan fingerprint density at radius 3 is 2.54 bits per heavy atom. The smallest absolute Gasteiger partial charge is 0.226 e. The van der Waals surface area contributed by atoms with E-state index in [0.29, 0.717) is 12.5 Å². The Morgan fingerprint density at radius 2 is 1.88 bits per heavy atom. The summed E-state index contributed by atoms with van der Waals surface area (Å²) in [5.74, 6) is 1.09. The number of anilines is 1. The zero-order valence-electron chi connectivity index (χ0n) is 14.3. The first-order valence-electron chi connectivity index (χ1n) is 8.48. The summed E-state index contributed by atoms with van der Waals surface area (Å²) in [6, 6.07) is 10.5.